The standard InChI is InChI=1S/C21H25N3O5S/c1-5-14(6-2)24-10-19(29-21(26)22-9-13-11-30-12-23-13)15-7-17(27-3)18(28-4)8-16(15)20(24)25/h7-8,10-12,14H,5-6,9H2,1-4H3,(H,22,26). The van der Waals surface area contributed by atoms with Crippen molar-refractivity contribution < 1.29 is 19.0 Å². The fourth-order valence-electron chi connectivity index (χ4n) is 3.31. The number of amides is 1. The number of hydrogen-bond acceptors (Lipinski definition) is 7. The summed E-state index contributed by atoms with van der Waals surface area (Å²) in [6.07, 6.45) is 2.50. The van der Waals surface area contributed by atoms with Crippen LogP contribution in [0.15, 0.2) is 34.0 Å². The van der Waals surface area contributed by atoms with Gasteiger partial charge in [-0.3, -0.25) is 4.79 Å². The maximum atomic E-state index is 13.2. The lowest BCUT2D eigenvalue weighted by Gasteiger charge is -2.20. The van der Waals surface area contributed by atoms with Gasteiger partial charge in [-0.2, -0.15) is 0 Å². The molecule has 160 valence electrons. The van der Waals surface area contributed by atoms with Gasteiger partial charge in [0.1, 0.15) is 0 Å². The number of aromatic nitrogens is 2. The first-order valence-corrected chi connectivity index (χ1v) is 10.6. The minimum absolute atomic E-state index is 0.0181. The number of ether oxygens (including phenoxy) is 3. The van der Waals surface area contributed by atoms with Gasteiger partial charge in [-0.05, 0) is 25.0 Å². The van der Waals surface area contributed by atoms with Crippen LogP contribution < -0.4 is 25.1 Å². The number of carbonyl (C=O) groups is 1. The number of pyridine rings is 1. The second-order valence-electron chi connectivity index (χ2n) is 6.65. The van der Waals surface area contributed by atoms with Crippen molar-refractivity contribution in [2.75, 3.05) is 14.2 Å². The number of rotatable bonds is 8. The molecule has 0 aliphatic heterocycles. The van der Waals surface area contributed by atoms with Gasteiger partial charge in [0.15, 0.2) is 17.2 Å². The van der Waals surface area contributed by atoms with Gasteiger partial charge in [0.25, 0.3) is 5.56 Å². The summed E-state index contributed by atoms with van der Waals surface area (Å²) in [4.78, 5) is 29.7. The highest BCUT2D eigenvalue weighted by atomic mass is 32.1. The molecular weight excluding hydrogens is 406 g/mol. The number of benzene rings is 1. The van der Waals surface area contributed by atoms with E-state index in [1.165, 1.54) is 25.6 Å². The number of thiazole rings is 1. The van der Waals surface area contributed by atoms with E-state index < -0.39 is 6.09 Å². The third kappa shape index (κ3) is 4.40. The third-order valence-electron chi connectivity index (χ3n) is 4.95. The van der Waals surface area contributed by atoms with E-state index in [4.69, 9.17) is 14.2 Å². The normalized spacial score (nSPS) is 11.0. The minimum Gasteiger partial charge on any atom is -0.493 e. The number of hydrogen-bond donors (Lipinski definition) is 1. The summed E-state index contributed by atoms with van der Waals surface area (Å²) in [5.74, 6) is 1.15. The summed E-state index contributed by atoms with van der Waals surface area (Å²) in [7, 11) is 3.02. The molecule has 0 unspecified atom stereocenters. The number of methoxy groups -OCH3 is 2. The summed E-state index contributed by atoms with van der Waals surface area (Å²) in [6.45, 7) is 4.28. The van der Waals surface area contributed by atoms with E-state index in [1.54, 1.807) is 28.4 Å². The van der Waals surface area contributed by atoms with Gasteiger partial charge in [-0.15, -0.1) is 11.3 Å². The Bertz CT molecular complexity index is 1070. The van der Waals surface area contributed by atoms with Gasteiger partial charge in [0.05, 0.1) is 43.6 Å². The Morgan fingerprint density at radius 1 is 1.13 bits per heavy atom. The molecule has 0 atom stereocenters. The molecule has 0 bridgehead atoms. The Kier molecular flexibility index (Phi) is 6.94. The molecule has 0 radical (unpaired) electrons. The molecule has 0 saturated heterocycles. The fraction of sp³-hybridized carbons (Fsp3) is 0.381. The molecule has 8 nitrogen and oxygen atoms in total. The second kappa shape index (κ2) is 9.62. The summed E-state index contributed by atoms with van der Waals surface area (Å²) in [5.41, 5.74) is 2.27. The van der Waals surface area contributed by atoms with Crippen molar-refractivity contribution in [2.24, 2.45) is 0 Å². The van der Waals surface area contributed by atoms with Gasteiger partial charge < -0.3 is 24.1 Å². The van der Waals surface area contributed by atoms with E-state index in [-0.39, 0.29) is 23.9 Å². The molecule has 3 rings (SSSR count). The SMILES string of the molecule is CCC(CC)n1cc(OC(=O)NCc2cscn2)c2cc(OC)c(OC)cc2c1=O. The molecule has 2 aromatic heterocycles. The van der Waals surface area contributed by atoms with E-state index in [2.05, 4.69) is 10.3 Å². The molecule has 3 aromatic rings. The Balaban J connectivity index is 2.06. The van der Waals surface area contributed by atoms with Gasteiger partial charge in [-0.1, -0.05) is 13.8 Å². The number of nitrogens with one attached hydrogen (secondary N) is 1. The molecule has 30 heavy (non-hydrogen) atoms. The van der Waals surface area contributed by atoms with Crippen molar-refractivity contribution in [3.8, 4) is 17.2 Å². The Labute approximate surface area is 178 Å². The van der Waals surface area contributed by atoms with Crippen molar-refractivity contribution in [3.05, 3.63) is 45.3 Å². The van der Waals surface area contributed by atoms with Crippen LogP contribution in [0.1, 0.15) is 38.4 Å². The topological polar surface area (TPSA) is 91.7 Å². The van der Waals surface area contributed by atoms with Crippen LogP contribution in [0, 0.1) is 0 Å². The van der Waals surface area contributed by atoms with Gasteiger partial charge in [0.2, 0.25) is 0 Å². The number of nitrogens with zero attached hydrogens (tertiary/aromatic N) is 2. The lowest BCUT2D eigenvalue weighted by atomic mass is 10.1. The van der Waals surface area contributed by atoms with Crippen LogP contribution >= 0.6 is 11.3 Å². The average molecular weight is 432 g/mol. The first-order chi connectivity index (χ1) is 14.5. The van der Waals surface area contributed by atoms with Crippen LogP contribution in [0.25, 0.3) is 10.8 Å². The van der Waals surface area contributed by atoms with Crippen LogP contribution in [0.3, 0.4) is 0 Å². The molecule has 1 N–H and O–H groups in total. The van der Waals surface area contributed by atoms with Crippen molar-refractivity contribution in [3.63, 3.8) is 0 Å². The summed E-state index contributed by atoms with van der Waals surface area (Å²) in [5, 5.41) is 5.40. The Morgan fingerprint density at radius 3 is 2.37 bits per heavy atom. The van der Waals surface area contributed by atoms with Crippen LogP contribution in [0.2, 0.25) is 0 Å². The van der Waals surface area contributed by atoms with Crippen molar-refractivity contribution in [2.45, 2.75) is 39.3 Å². The van der Waals surface area contributed by atoms with E-state index in [9.17, 15) is 9.59 Å². The Hall–Kier alpha value is -3.07. The van der Waals surface area contributed by atoms with E-state index in [1.807, 2.05) is 19.2 Å². The molecule has 0 fully saturated rings. The largest absolute Gasteiger partial charge is 0.493 e. The zero-order chi connectivity index (χ0) is 21.7. The van der Waals surface area contributed by atoms with Crippen LogP contribution in [0.4, 0.5) is 4.79 Å². The number of fused-ring (bicyclic) bond motifs is 1. The quantitative estimate of drug-likeness (QED) is 0.577. The van der Waals surface area contributed by atoms with Gasteiger partial charge >= 0.3 is 6.09 Å². The summed E-state index contributed by atoms with van der Waals surface area (Å²) in [6, 6.07) is 3.25. The highest BCUT2D eigenvalue weighted by molar-refractivity contribution is 7.07. The molecule has 0 spiro atoms. The molecule has 9 heteroatoms. The maximum Gasteiger partial charge on any atom is 0.412 e. The molecule has 0 saturated carbocycles. The number of carbonyl (C=O) groups excluding carboxylic acids is 1. The monoisotopic (exact) mass is 431 g/mol. The second-order valence-corrected chi connectivity index (χ2v) is 7.37. The first kappa shape index (κ1) is 21.6. The van der Waals surface area contributed by atoms with Crippen molar-refractivity contribution >= 4 is 28.2 Å². The van der Waals surface area contributed by atoms with Crippen LogP contribution in [-0.2, 0) is 6.54 Å². The lowest BCUT2D eigenvalue weighted by molar-refractivity contribution is 0.200. The molecule has 1 amide bonds. The lowest BCUT2D eigenvalue weighted by Crippen LogP contribution is -2.28. The molecular formula is C21H25N3O5S. The zero-order valence-electron chi connectivity index (χ0n) is 17.4. The summed E-state index contributed by atoms with van der Waals surface area (Å²) < 4.78 is 17.9. The minimum atomic E-state index is -0.631. The predicted molar refractivity (Wildman–Crippen MR) is 116 cm³/mol. The maximum absolute atomic E-state index is 13.2. The molecule has 0 aliphatic carbocycles. The van der Waals surface area contributed by atoms with Gasteiger partial charge in [0, 0.05) is 16.8 Å². The van der Waals surface area contributed by atoms with Crippen LogP contribution in [0.5, 0.6) is 17.2 Å². The van der Waals surface area contributed by atoms with Gasteiger partial charge in [-0.25, -0.2) is 9.78 Å². The Morgan fingerprint density at radius 2 is 1.80 bits per heavy atom. The highest BCUT2D eigenvalue weighted by Gasteiger charge is 2.19. The molecule has 1 aromatic carbocycles. The molecule has 2 heterocycles. The first-order valence-electron chi connectivity index (χ1n) is 9.65. The fourth-order valence-corrected chi connectivity index (χ4v) is 3.87. The van der Waals surface area contributed by atoms with E-state index >= 15 is 0 Å². The van der Waals surface area contributed by atoms with Crippen LogP contribution in [-0.4, -0.2) is 29.9 Å². The highest BCUT2D eigenvalue weighted by Crippen LogP contribution is 2.35. The zero-order valence-corrected chi connectivity index (χ0v) is 18.2. The average Bonchev–Trinajstić information content (AvgIpc) is 3.28. The predicted octanol–water partition coefficient (Wildman–Crippen LogP) is 4.12. The summed E-state index contributed by atoms with van der Waals surface area (Å²) >= 11 is 1.45. The van der Waals surface area contributed by atoms with Crippen molar-refractivity contribution in [1.82, 2.24) is 14.9 Å². The third-order valence-corrected chi connectivity index (χ3v) is 5.58. The van der Waals surface area contributed by atoms with E-state index in [0.717, 1.165) is 18.5 Å². The molecule has 0 aliphatic rings. The van der Waals surface area contributed by atoms with Crippen molar-refractivity contribution in [1.29, 1.82) is 0 Å². The van der Waals surface area contributed by atoms with E-state index in [0.29, 0.717) is 22.3 Å². The smallest absolute Gasteiger partial charge is 0.412 e.